The van der Waals surface area contributed by atoms with E-state index >= 15 is 0 Å². The molecule has 0 aliphatic heterocycles. The van der Waals surface area contributed by atoms with Gasteiger partial charge in [-0.3, -0.25) is 4.79 Å². The molecule has 30 heavy (non-hydrogen) atoms. The van der Waals surface area contributed by atoms with E-state index < -0.39 is 33.0 Å². The van der Waals surface area contributed by atoms with Crippen LogP contribution in [0.2, 0.25) is 25.7 Å². The molecule has 0 bridgehead atoms. The first-order valence-corrected chi connectivity index (χ1v) is 14.1. The Morgan fingerprint density at radius 1 is 1.33 bits per heavy atom. The predicted octanol–water partition coefficient (Wildman–Crippen LogP) is 5.26. The maximum atomic E-state index is 12.4. The maximum Gasteiger partial charge on any atom is 0.389 e. The van der Waals surface area contributed by atoms with Gasteiger partial charge in [0, 0.05) is 21.1 Å². The molecular weight excluding hydrogens is 411 g/mol. The number of nitrogens with one attached hydrogen (secondary N) is 1. The number of hydrogen-bond acceptors (Lipinski definition) is 3. The Morgan fingerprint density at radius 2 is 2.07 bits per heavy atom. The molecule has 9 heteroatoms. The number of halogens is 3. The molecule has 1 heterocycles. The smallest absolute Gasteiger partial charge is 0.361 e. The number of rotatable bonds is 10. The molecule has 1 aliphatic carbocycles. The fourth-order valence-corrected chi connectivity index (χ4v) is 4.07. The van der Waals surface area contributed by atoms with Gasteiger partial charge in [-0.05, 0) is 42.5 Å². The maximum absolute atomic E-state index is 12.4. The molecule has 1 aromatic carbocycles. The van der Waals surface area contributed by atoms with Crippen molar-refractivity contribution < 1.29 is 22.7 Å². The average Bonchev–Trinajstić information content (AvgIpc) is 3.40. The molecule has 166 valence electrons. The fraction of sp³-hybridized carbons (Fsp3) is 0.619. The standard InChI is InChI=1S/C21H30F3N3O2Si/c1-30(2,3)11-10-29-14-27-13-25-17-7-6-16(12-18(17)27)20(15-4-5-15)26-19(28)8-9-21(22,23)24/h6-7,12-13,15,20H,4-5,8-11,14H2,1-3H3,(H,26,28). The van der Waals surface area contributed by atoms with Crippen LogP contribution < -0.4 is 5.32 Å². The summed E-state index contributed by atoms with van der Waals surface area (Å²) in [6, 6.07) is 6.57. The van der Waals surface area contributed by atoms with E-state index in [1.165, 1.54) is 0 Å². The molecule has 0 radical (unpaired) electrons. The quantitative estimate of drug-likeness (QED) is 0.404. The van der Waals surface area contributed by atoms with Gasteiger partial charge < -0.3 is 14.6 Å². The molecule has 1 amide bonds. The minimum absolute atomic E-state index is 0.265. The Morgan fingerprint density at radius 3 is 2.70 bits per heavy atom. The highest BCUT2D eigenvalue weighted by atomic mass is 28.3. The van der Waals surface area contributed by atoms with E-state index in [1.807, 2.05) is 22.8 Å². The number of aromatic nitrogens is 2. The van der Waals surface area contributed by atoms with E-state index in [0.717, 1.165) is 35.5 Å². The van der Waals surface area contributed by atoms with Crippen molar-refractivity contribution in [3.05, 3.63) is 30.1 Å². The highest BCUT2D eigenvalue weighted by molar-refractivity contribution is 6.76. The molecule has 5 nitrogen and oxygen atoms in total. The SMILES string of the molecule is C[Si](C)(C)CCOCn1cnc2ccc(C(NC(=O)CCC(F)(F)F)C3CC3)cc21. The van der Waals surface area contributed by atoms with Crippen LogP contribution >= 0.6 is 0 Å². The van der Waals surface area contributed by atoms with Crippen molar-refractivity contribution in [3.63, 3.8) is 0 Å². The average molecular weight is 442 g/mol. The minimum Gasteiger partial charge on any atom is -0.361 e. The molecule has 1 fully saturated rings. The molecule has 2 aromatic rings. The zero-order chi connectivity index (χ0) is 21.9. The number of carbonyl (C=O) groups is 1. The van der Waals surface area contributed by atoms with Gasteiger partial charge in [-0.25, -0.2) is 4.98 Å². The lowest BCUT2D eigenvalue weighted by molar-refractivity contribution is -0.144. The van der Waals surface area contributed by atoms with Crippen molar-refractivity contribution in [2.45, 2.75) is 70.3 Å². The first-order valence-electron chi connectivity index (χ1n) is 10.4. The zero-order valence-electron chi connectivity index (χ0n) is 17.8. The topological polar surface area (TPSA) is 56.1 Å². The Kier molecular flexibility index (Phi) is 6.91. The summed E-state index contributed by atoms with van der Waals surface area (Å²) in [4.78, 5) is 16.5. The lowest BCUT2D eigenvalue weighted by atomic mass is 10.0. The number of benzene rings is 1. The second kappa shape index (κ2) is 9.09. The van der Waals surface area contributed by atoms with Crippen molar-refractivity contribution in [2.75, 3.05) is 6.61 Å². The molecule has 0 saturated heterocycles. The van der Waals surface area contributed by atoms with Gasteiger partial charge in [0.1, 0.15) is 6.73 Å². The van der Waals surface area contributed by atoms with Crippen LogP contribution in [0.25, 0.3) is 11.0 Å². The van der Waals surface area contributed by atoms with Crippen LogP contribution in [0.5, 0.6) is 0 Å². The summed E-state index contributed by atoms with van der Waals surface area (Å²) in [6.45, 7) is 8.01. The van der Waals surface area contributed by atoms with E-state index in [1.54, 1.807) is 6.33 Å². The van der Waals surface area contributed by atoms with Crippen LogP contribution in [-0.4, -0.2) is 36.3 Å². The van der Waals surface area contributed by atoms with Crippen LogP contribution in [0, 0.1) is 5.92 Å². The monoisotopic (exact) mass is 441 g/mol. The summed E-state index contributed by atoms with van der Waals surface area (Å²) >= 11 is 0. The van der Waals surface area contributed by atoms with Crippen molar-refractivity contribution in [2.24, 2.45) is 5.92 Å². The van der Waals surface area contributed by atoms with Gasteiger partial charge in [-0.15, -0.1) is 0 Å². The number of imidazole rings is 1. The van der Waals surface area contributed by atoms with E-state index in [0.29, 0.717) is 13.3 Å². The fourth-order valence-electron chi connectivity index (χ4n) is 3.32. The van der Waals surface area contributed by atoms with Crippen LogP contribution in [0.3, 0.4) is 0 Å². The molecule has 0 spiro atoms. The molecule has 1 N–H and O–H groups in total. The normalized spacial score (nSPS) is 16.1. The number of fused-ring (bicyclic) bond motifs is 1. The first-order chi connectivity index (χ1) is 14.0. The van der Waals surface area contributed by atoms with Gasteiger partial charge in [0.05, 0.1) is 29.8 Å². The third-order valence-electron chi connectivity index (χ3n) is 5.28. The highest BCUT2D eigenvalue weighted by Crippen LogP contribution is 2.41. The molecule has 1 aliphatic rings. The van der Waals surface area contributed by atoms with Crippen molar-refractivity contribution in [1.29, 1.82) is 0 Å². The second-order valence-corrected chi connectivity index (χ2v) is 14.9. The third kappa shape index (κ3) is 6.83. The number of amides is 1. The Balaban J connectivity index is 1.68. The minimum atomic E-state index is -4.33. The lowest BCUT2D eigenvalue weighted by Gasteiger charge is -2.20. The Labute approximate surface area is 176 Å². The largest absolute Gasteiger partial charge is 0.389 e. The van der Waals surface area contributed by atoms with E-state index in [2.05, 4.69) is 29.9 Å². The Bertz CT molecular complexity index is 872. The number of nitrogens with zero attached hydrogens (tertiary/aromatic N) is 2. The number of ether oxygens (including phenoxy) is 1. The third-order valence-corrected chi connectivity index (χ3v) is 6.98. The summed E-state index contributed by atoms with van der Waals surface area (Å²) in [7, 11) is -1.16. The Hall–Kier alpha value is -1.87. The van der Waals surface area contributed by atoms with Crippen LogP contribution in [0.15, 0.2) is 24.5 Å². The van der Waals surface area contributed by atoms with Crippen LogP contribution in [0.1, 0.15) is 37.3 Å². The lowest BCUT2D eigenvalue weighted by Crippen LogP contribution is -2.30. The highest BCUT2D eigenvalue weighted by Gasteiger charge is 2.35. The molecule has 1 atom stereocenters. The molecular formula is C21H30F3N3O2Si. The van der Waals surface area contributed by atoms with Crippen molar-refractivity contribution >= 4 is 25.0 Å². The van der Waals surface area contributed by atoms with Crippen molar-refractivity contribution in [1.82, 2.24) is 14.9 Å². The van der Waals surface area contributed by atoms with E-state index in [9.17, 15) is 18.0 Å². The summed E-state index contributed by atoms with van der Waals surface area (Å²) in [5, 5.41) is 2.82. The summed E-state index contributed by atoms with van der Waals surface area (Å²) in [5.41, 5.74) is 2.62. The summed E-state index contributed by atoms with van der Waals surface area (Å²) < 4.78 is 45.0. The number of hydrogen-bond donors (Lipinski definition) is 1. The predicted molar refractivity (Wildman–Crippen MR) is 113 cm³/mol. The molecule has 1 unspecified atom stereocenters. The van der Waals surface area contributed by atoms with Gasteiger partial charge in [0.2, 0.25) is 5.91 Å². The van der Waals surface area contributed by atoms with Gasteiger partial charge in [0.15, 0.2) is 0 Å². The molecule has 3 rings (SSSR count). The second-order valence-electron chi connectivity index (χ2n) is 9.31. The van der Waals surface area contributed by atoms with Crippen LogP contribution in [0.4, 0.5) is 13.2 Å². The molecule has 1 saturated carbocycles. The van der Waals surface area contributed by atoms with Crippen molar-refractivity contribution in [3.8, 4) is 0 Å². The van der Waals surface area contributed by atoms with E-state index in [-0.39, 0.29) is 12.0 Å². The number of alkyl halides is 3. The first kappa shape index (κ1) is 22.8. The summed E-state index contributed by atoms with van der Waals surface area (Å²) in [5.74, 6) is -0.297. The zero-order valence-corrected chi connectivity index (χ0v) is 18.8. The van der Waals surface area contributed by atoms with E-state index in [4.69, 9.17) is 4.74 Å². The van der Waals surface area contributed by atoms with Gasteiger partial charge >= 0.3 is 6.18 Å². The van der Waals surface area contributed by atoms with Gasteiger partial charge in [-0.2, -0.15) is 13.2 Å². The summed E-state index contributed by atoms with van der Waals surface area (Å²) in [6.07, 6.45) is -2.32. The van der Waals surface area contributed by atoms with Gasteiger partial charge in [0.25, 0.3) is 0 Å². The van der Waals surface area contributed by atoms with Crippen LogP contribution in [-0.2, 0) is 16.3 Å². The molecule has 1 aromatic heterocycles. The van der Waals surface area contributed by atoms with Gasteiger partial charge in [-0.1, -0.05) is 25.7 Å². The number of carbonyl (C=O) groups excluding carboxylic acids is 1.